The number of nitrogens with two attached hydrogens (primary N) is 1. The van der Waals surface area contributed by atoms with Gasteiger partial charge in [-0.2, -0.15) is 0 Å². The molecule has 1 atom stereocenters. The van der Waals surface area contributed by atoms with Gasteiger partial charge in [-0.1, -0.05) is 24.3 Å². The molecule has 138 valence electrons. The zero-order chi connectivity index (χ0) is 18.7. The Morgan fingerprint density at radius 3 is 2.69 bits per heavy atom. The van der Waals surface area contributed by atoms with Crippen molar-refractivity contribution < 1.29 is 14.3 Å². The van der Waals surface area contributed by atoms with Crippen molar-refractivity contribution in [1.29, 1.82) is 0 Å². The first kappa shape index (κ1) is 18.4. The summed E-state index contributed by atoms with van der Waals surface area (Å²) < 4.78 is 13.7. The number of rotatable bonds is 4. The van der Waals surface area contributed by atoms with Crippen LogP contribution in [0, 0.1) is 5.82 Å². The van der Waals surface area contributed by atoms with E-state index < -0.39 is 6.09 Å². The van der Waals surface area contributed by atoms with Gasteiger partial charge in [0.25, 0.3) is 0 Å². The number of benzene rings is 2. The molecule has 5 nitrogen and oxygen atoms in total. The third-order valence-corrected chi connectivity index (χ3v) is 4.89. The summed E-state index contributed by atoms with van der Waals surface area (Å²) in [5, 5.41) is 9.18. The molecule has 0 bridgehead atoms. The van der Waals surface area contributed by atoms with Crippen LogP contribution in [0.2, 0.25) is 0 Å². The molecule has 0 spiro atoms. The van der Waals surface area contributed by atoms with E-state index in [-0.39, 0.29) is 18.4 Å². The highest BCUT2D eigenvalue weighted by molar-refractivity contribution is 5.66. The Hall–Kier alpha value is -2.44. The van der Waals surface area contributed by atoms with Crippen LogP contribution in [0.4, 0.5) is 9.18 Å². The monoisotopic (exact) mass is 357 g/mol. The number of nitrogens with zero attached hydrogens (tertiary/aromatic N) is 2. The van der Waals surface area contributed by atoms with Gasteiger partial charge in [-0.3, -0.25) is 4.90 Å². The van der Waals surface area contributed by atoms with Gasteiger partial charge in [0.1, 0.15) is 5.82 Å². The third-order valence-electron chi connectivity index (χ3n) is 4.89. The van der Waals surface area contributed by atoms with Gasteiger partial charge in [0.15, 0.2) is 0 Å². The third kappa shape index (κ3) is 4.03. The minimum absolute atomic E-state index is 0.0198. The Balaban J connectivity index is 1.73. The van der Waals surface area contributed by atoms with Crippen LogP contribution in [0.1, 0.15) is 18.1 Å². The molecule has 3 N–H and O–H groups in total. The molecule has 0 radical (unpaired) electrons. The maximum atomic E-state index is 13.7. The van der Waals surface area contributed by atoms with Crippen LogP contribution in [0.3, 0.4) is 0 Å². The smallest absolute Gasteiger partial charge is 0.407 e. The Kier molecular flexibility index (Phi) is 5.54. The number of piperazine rings is 1. The van der Waals surface area contributed by atoms with Crippen molar-refractivity contribution in [3.63, 3.8) is 0 Å². The molecule has 0 saturated carbocycles. The maximum absolute atomic E-state index is 13.7. The molecule has 1 fully saturated rings. The molecular formula is C20H24FN3O2. The second-order valence-electron chi connectivity index (χ2n) is 6.77. The molecule has 1 amide bonds. The molecule has 0 unspecified atom stereocenters. The highest BCUT2D eigenvalue weighted by atomic mass is 19.1. The molecule has 1 saturated heterocycles. The molecule has 26 heavy (non-hydrogen) atoms. The van der Waals surface area contributed by atoms with Crippen molar-refractivity contribution in [2.24, 2.45) is 5.73 Å². The van der Waals surface area contributed by atoms with Crippen LogP contribution in [-0.4, -0.2) is 46.7 Å². The number of carboxylic acid groups (broad SMARTS) is 1. The summed E-state index contributed by atoms with van der Waals surface area (Å²) in [5.41, 5.74) is 9.23. The van der Waals surface area contributed by atoms with Crippen molar-refractivity contribution in [2.75, 3.05) is 19.6 Å². The van der Waals surface area contributed by atoms with Crippen molar-refractivity contribution in [3.8, 4) is 11.1 Å². The first-order chi connectivity index (χ1) is 12.5. The Labute approximate surface area is 152 Å². The van der Waals surface area contributed by atoms with Gasteiger partial charge in [0.05, 0.1) is 0 Å². The normalized spacial score (nSPS) is 18.1. The van der Waals surface area contributed by atoms with Crippen molar-refractivity contribution >= 4 is 6.09 Å². The molecule has 1 aliphatic rings. The van der Waals surface area contributed by atoms with Crippen LogP contribution < -0.4 is 5.73 Å². The summed E-state index contributed by atoms with van der Waals surface area (Å²) in [6.45, 7) is 4.82. The number of hydrogen-bond acceptors (Lipinski definition) is 3. The molecular weight excluding hydrogens is 333 g/mol. The first-order valence-electron chi connectivity index (χ1n) is 8.77. The fourth-order valence-electron chi connectivity index (χ4n) is 3.48. The summed E-state index contributed by atoms with van der Waals surface area (Å²) in [4.78, 5) is 14.9. The van der Waals surface area contributed by atoms with E-state index in [1.807, 2.05) is 19.1 Å². The van der Waals surface area contributed by atoms with Gasteiger partial charge < -0.3 is 15.7 Å². The second-order valence-corrected chi connectivity index (χ2v) is 6.77. The molecule has 6 heteroatoms. The minimum atomic E-state index is -0.855. The van der Waals surface area contributed by atoms with E-state index in [1.54, 1.807) is 12.1 Å². The predicted octanol–water partition coefficient (Wildman–Crippen LogP) is 3.14. The summed E-state index contributed by atoms with van der Waals surface area (Å²) in [6, 6.07) is 13.1. The van der Waals surface area contributed by atoms with Gasteiger partial charge in [0, 0.05) is 44.3 Å². The van der Waals surface area contributed by atoms with Crippen LogP contribution >= 0.6 is 0 Å². The molecule has 1 heterocycles. The number of hydrogen-bond donors (Lipinski definition) is 2. The zero-order valence-electron chi connectivity index (χ0n) is 14.9. The second kappa shape index (κ2) is 7.85. The zero-order valence-corrected chi connectivity index (χ0v) is 14.9. The molecule has 2 aromatic rings. The van der Waals surface area contributed by atoms with E-state index in [0.717, 1.165) is 29.8 Å². The minimum Gasteiger partial charge on any atom is -0.465 e. The largest absolute Gasteiger partial charge is 0.465 e. The Morgan fingerprint density at radius 1 is 1.23 bits per heavy atom. The van der Waals surface area contributed by atoms with Crippen LogP contribution in [0.25, 0.3) is 11.1 Å². The Bertz CT molecular complexity index is 796. The number of amides is 1. The summed E-state index contributed by atoms with van der Waals surface area (Å²) in [6.07, 6.45) is -0.855. The average molecular weight is 357 g/mol. The highest BCUT2D eigenvalue weighted by Crippen LogP contribution is 2.24. The van der Waals surface area contributed by atoms with E-state index >= 15 is 0 Å². The lowest BCUT2D eigenvalue weighted by atomic mass is 10.0. The van der Waals surface area contributed by atoms with E-state index in [2.05, 4.69) is 17.0 Å². The van der Waals surface area contributed by atoms with Gasteiger partial charge in [-0.15, -0.1) is 0 Å². The van der Waals surface area contributed by atoms with Crippen LogP contribution in [0.15, 0.2) is 42.5 Å². The first-order valence-corrected chi connectivity index (χ1v) is 8.77. The van der Waals surface area contributed by atoms with Gasteiger partial charge in [-0.25, -0.2) is 9.18 Å². The van der Waals surface area contributed by atoms with Crippen LogP contribution in [-0.2, 0) is 13.1 Å². The van der Waals surface area contributed by atoms with Gasteiger partial charge in [-0.05, 0) is 41.8 Å². The number of carbonyl (C=O) groups is 1. The Morgan fingerprint density at radius 2 is 2.00 bits per heavy atom. The van der Waals surface area contributed by atoms with Crippen molar-refractivity contribution in [1.82, 2.24) is 9.80 Å². The van der Waals surface area contributed by atoms with Crippen molar-refractivity contribution in [2.45, 2.75) is 26.1 Å². The fraction of sp³-hybridized carbons (Fsp3) is 0.350. The lowest BCUT2D eigenvalue weighted by molar-refractivity contribution is 0.0711. The highest BCUT2D eigenvalue weighted by Gasteiger charge is 2.26. The predicted molar refractivity (Wildman–Crippen MR) is 99.2 cm³/mol. The number of halogens is 1. The fourth-order valence-corrected chi connectivity index (χ4v) is 3.48. The van der Waals surface area contributed by atoms with E-state index in [9.17, 15) is 14.3 Å². The lowest BCUT2D eigenvalue weighted by Crippen LogP contribution is -2.53. The summed E-state index contributed by atoms with van der Waals surface area (Å²) in [7, 11) is 0. The average Bonchev–Trinajstić information content (AvgIpc) is 2.62. The topological polar surface area (TPSA) is 69.8 Å². The van der Waals surface area contributed by atoms with E-state index in [4.69, 9.17) is 5.73 Å². The molecule has 0 aliphatic carbocycles. The summed E-state index contributed by atoms with van der Waals surface area (Å²) in [5.74, 6) is -0.280. The molecule has 0 aromatic heterocycles. The SMILES string of the molecule is C[C@H]1CN(Cc2cccc(-c3ccc(F)c(CN)c3)c2)CCN1C(=O)O. The van der Waals surface area contributed by atoms with E-state index in [1.165, 1.54) is 11.0 Å². The van der Waals surface area contributed by atoms with Gasteiger partial charge in [0.2, 0.25) is 0 Å². The molecule has 2 aromatic carbocycles. The lowest BCUT2D eigenvalue weighted by Gasteiger charge is -2.38. The molecule has 1 aliphatic heterocycles. The van der Waals surface area contributed by atoms with Crippen LogP contribution in [0.5, 0.6) is 0 Å². The van der Waals surface area contributed by atoms with E-state index in [0.29, 0.717) is 18.7 Å². The molecule has 3 rings (SSSR count). The quantitative estimate of drug-likeness (QED) is 0.882. The summed E-state index contributed by atoms with van der Waals surface area (Å²) >= 11 is 0. The van der Waals surface area contributed by atoms with Gasteiger partial charge >= 0.3 is 6.09 Å². The van der Waals surface area contributed by atoms with Crippen molar-refractivity contribution in [3.05, 3.63) is 59.4 Å². The maximum Gasteiger partial charge on any atom is 0.407 e. The standard InChI is InChI=1S/C20H24FN3O2/c1-14-12-23(7-8-24(14)20(25)26)13-15-3-2-4-16(9-15)17-5-6-19(21)18(10-17)11-22/h2-6,9-10,14H,7-8,11-13,22H2,1H3,(H,25,26)/t14-/m0/s1.